The second-order valence-electron chi connectivity index (χ2n) is 7.97. The Morgan fingerprint density at radius 3 is 2.67 bits per heavy atom. The number of hydrogen-bond acceptors (Lipinski definition) is 2. The molecule has 4 unspecified atom stereocenters. The molecular weight excluding hydrogens is 220 g/mol. The smallest absolute Gasteiger partial charge is 0.0175 e. The van der Waals surface area contributed by atoms with Gasteiger partial charge in [-0.1, -0.05) is 20.8 Å². The van der Waals surface area contributed by atoms with E-state index in [1.807, 2.05) is 0 Å². The van der Waals surface area contributed by atoms with Crippen LogP contribution in [-0.2, 0) is 0 Å². The van der Waals surface area contributed by atoms with E-state index in [4.69, 9.17) is 0 Å². The van der Waals surface area contributed by atoms with Crippen LogP contribution in [0.1, 0.15) is 52.9 Å². The standard InChI is InChI=1S/C16H30N2/c1-15(2)13-6-7-16(3,9-13)14(15)18-11-12-5-4-8-17-10-12/h12-14,17-18H,4-11H2,1-3H3. The van der Waals surface area contributed by atoms with Crippen LogP contribution in [0, 0.1) is 22.7 Å². The topological polar surface area (TPSA) is 24.1 Å². The highest BCUT2D eigenvalue weighted by molar-refractivity contribution is 5.12. The highest BCUT2D eigenvalue weighted by atomic mass is 15.0. The highest BCUT2D eigenvalue weighted by Gasteiger charge is 2.58. The first-order valence-electron chi connectivity index (χ1n) is 7.96. The van der Waals surface area contributed by atoms with E-state index in [-0.39, 0.29) is 0 Å². The highest BCUT2D eigenvalue weighted by Crippen LogP contribution is 2.62. The van der Waals surface area contributed by atoms with Crippen LogP contribution >= 0.6 is 0 Å². The van der Waals surface area contributed by atoms with Crippen LogP contribution in [0.3, 0.4) is 0 Å². The first-order chi connectivity index (χ1) is 8.52. The molecule has 2 nitrogen and oxygen atoms in total. The lowest BCUT2D eigenvalue weighted by Gasteiger charge is -2.44. The van der Waals surface area contributed by atoms with Crippen LogP contribution in [0.2, 0.25) is 0 Å². The Morgan fingerprint density at radius 1 is 1.22 bits per heavy atom. The van der Waals surface area contributed by atoms with E-state index >= 15 is 0 Å². The fraction of sp³-hybridized carbons (Fsp3) is 1.00. The van der Waals surface area contributed by atoms with Crippen molar-refractivity contribution in [2.45, 2.75) is 58.9 Å². The van der Waals surface area contributed by atoms with E-state index in [1.54, 1.807) is 0 Å². The van der Waals surface area contributed by atoms with Crippen molar-refractivity contribution in [2.24, 2.45) is 22.7 Å². The summed E-state index contributed by atoms with van der Waals surface area (Å²) in [6.45, 7) is 11.2. The third kappa shape index (κ3) is 2.02. The summed E-state index contributed by atoms with van der Waals surface area (Å²) in [6, 6.07) is 0.741. The first-order valence-corrected chi connectivity index (χ1v) is 7.96. The number of fused-ring (bicyclic) bond motifs is 2. The Kier molecular flexibility index (Phi) is 3.22. The van der Waals surface area contributed by atoms with Crippen molar-refractivity contribution in [3.05, 3.63) is 0 Å². The van der Waals surface area contributed by atoms with Crippen molar-refractivity contribution in [3.63, 3.8) is 0 Å². The second kappa shape index (κ2) is 4.49. The normalized spacial score (nSPS) is 46.5. The SMILES string of the molecule is CC12CCC(C1)C(C)(C)C2NCC1CCCNC1. The number of piperidine rings is 1. The molecular formula is C16H30N2. The monoisotopic (exact) mass is 250 g/mol. The van der Waals surface area contributed by atoms with Crippen molar-refractivity contribution in [1.29, 1.82) is 0 Å². The van der Waals surface area contributed by atoms with Gasteiger partial charge in [-0.15, -0.1) is 0 Å². The van der Waals surface area contributed by atoms with E-state index in [0.29, 0.717) is 10.8 Å². The Bertz CT molecular complexity index is 301. The Hall–Kier alpha value is -0.0800. The molecule has 1 aliphatic heterocycles. The molecule has 3 fully saturated rings. The average Bonchev–Trinajstić information content (AvgIpc) is 2.81. The summed E-state index contributed by atoms with van der Waals surface area (Å²) in [5.74, 6) is 1.82. The molecule has 2 heteroatoms. The van der Waals surface area contributed by atoms with E-state index < -0.39 is 0 Å². The summed E-state index contributed by atoms with van der Waals surface area (Å²) in [5.41, 5.74) is 1.09. The minimum atomic E-state index is 0.509. The lowest BCUT2D eigenvalue weighted by Crippen LogP contribution is -2.52. The average molecular weight is 250 g/mol. The van der Waals surface area contributed by atoms with Gasteiger partial charge in [0.15, 0.2) is 0 Å². The summed E-state index contributed by atoms with van der Waals surface area (Å²) in [5, 5.41) is 7.51. The predicted octanol–water partition coefficient (Wildman–Crippen LogP) is 2.79. The Labute approximate surface area is 112 Å². The van der Waals surface area contributed by atoms with Crippen molar-refractivity contribution in [1.82, 2.24) is 10.6 Å². The quantitative estimate of drug-likeness (QED) is 0.805. The molecule has 18 heavy (non-hydrogen) atoms. The van der Waals surface area contributed by atoms with Gasteiger partial charge in [0, 0.05) is 6.04 Å². The van der Waals surface area contributed by atoms with E-state index in [1.165, 1.54) is 51.7 Å². The van der Waals surface area contributed by atoms with Crippen LogP contribution < -0.4 is 10.6 Å². The van der Waals surface area contributed by atoms with Crippen molar-refractivity contribution >= 4 is 0 Å². The summed E-state index contributed by atoms with van der Waals surface area (Å²) in [4.78, 5) is 0. The summed E-state index contributed by atoms with van der Waals surface area (Å²) in [6.07, 6.45) is 7.14. The molecule has 0 spiro atoms. The Morgan fingerprint density at radius 2 is 2.06 bits per heavy atom. The first kappa shape index (κ1) is 12.9. The van der Waals surface area contributed by atoms with Crippen LogP contribution in [0.4, 0.5) is 0 Å². The van der Waals surface area contributed by atoms with E-state index in [0.717, 1.165) is 17.9 Å². The molecule has 2 N–H and O–H groups in total. The lowest BCUT2D eigenvalue weighted by atomic mass is 9.68. The Balaban J connectivity index is 1.61. The van der Waals surface area contributed by atoms with E-state index in [9.17, 15) is 0 Å². The number of hydrogen-bond donors (Lipinski definition) is 2. The van der Waals surface area contributed by atoms with Gasteiger partial charge < -0.3 is 10.6 Å². The molecule has 4 atom stereocenters. The largest absolute Gasteiger partial charge is 0.316 e. The maximum atomic E-state index is 3.97. The predicted molar refractivity (Wildman–Crippen MR) is 76.6 cm³/mol. The summed E-state index contributed by atoms with van der Waals surface area (Å²) in [7, 11) is 0. The molecule has 2 saturated carbocycles. The maximum absolute atomic E-state index is 3.97. The molecule has 0 aromatic rings. The third-order valence-electron chi connectivity index (χ3n) is 6.28. The fourth-order valence-electron chi connectivity index (χ4n) is 5.19. The van der Waals surface area contributed by atoms with Gasteiger partial charge in [0.25, 0.3) is 0 Å². The van der Waals surface area contributed by atoms with Gasteiger partial charge in [0.2, 0.25) is 0 Å². The van der Waals surface area contributed by atoms with Gasteiger partial charge in [-0.25, -0.2) is 0 Å². The van der Waals surface area contributed by atoms with Crippen LogP contribution in [0.25, 0.3) is 0 Å². The van der Waals surface area contributed by atoms with Gasteiger partial charge in [0.05, 0.1) is 0 Å². The third-order valence-corrected chi connectivity index (χ3v) is 6.28. The van der Waals surface area contributed by atoms with Gasteiger partial charge in [-0.05, 0) is 74.4 Å². The van der Waals surface area contributed by atoms with Gasteiger partial charge in [-0.2, -0.15) is 0 Å². The zero-order valence-corrected chi connectivity index (χ0v) is 12.4. The molecule has 1 heterocycles. The zero-order chi connectivity index (χ0) is 12.8. The molecule has 3 rings (SSSR count). The minimum Gasteiger partial charge on any atom is -0.316 e. The molecule has 1 saturated heterocycles. The zero-order valence-electron chi connectivity index (χ0n) is 12.4. The summed E-state index contributed by atoms with van der Waals surface area (Å²) < 4.78 is 0. The number of nitrogens with one attached hydrogen (secondary N) is 2. The van der Waals surface area contributed by atoms with E-state index in [2.05, 4.69) is 31.4 Å². The summed E-state index contributed by atoms with van der Waals surface area (Å²) >= 11 is 0. The van der Waals surface area contributed by atoms with Gasteiger partial charge in [-0.3, -0.25) is 0 Å². The molecule has 104 valence electrons. The van der Waals surface area contributed by atoms with Crippen LogP contribution in [0.5, 0.6) is 0 Å². The van der Waals surface area contributed by atoms with Crippen LogP contribution in [0.15, 0.2) is 0 Å². The minimum absolute atomic E-state index is 0.509. The second-order valence-corrected chi connectivity index (χ2v) is 7.97. The molecule has 0 aromatic heterocycles. The van der Waals surface area contributed by atoms with Gasteiger partial charge >= 0.3 is 0 Å². The molecule has 3 aliphatic rings. The molecule has 0 aromatic carbocycles. The molecule has 0 amide bonds. The van der Waals surface area contributed by atoms with Crippen LogP contribution in [-0.4, -0.2) is 25.7 Å². The maximum Gasteiger partial charge on any atom is 0.0175 e. The van der Waals surface area contributed by atoms with Crippen molar-refractivity contribution < 1.29 is 0 Å². The van der Waals surface area contributed by atoms with Gasteiger partial charge in [0.1, 0.15) is 0 Å². The molecule has 2 aliphatic carbocycles. The fourth-order valence-corrected chi connectivity index (χ4v) is 5.19. The van der Waals surface area contributed by atoms with Crippen molar-refractivity contribution in [3.8, 4) is 0 Å². The molecule has 0 radical (unpaired) electrons. The molecule has 2 bridgehead atoms. The number of rotatable bonds is 3. The van der Waals surface area contributed by atoms with Crippen molar-refractivity contribution in [2.75, 3.05) is 19.6 Å². The lowest BCUT2D eigenvalue weighted by molar-refractivity contribution is 0.103.